The molecule has 9 heteroatoms. The summed E-state index contributed by atoms with van der Waals surface area (Å²) in [5.41, 5.74) is 3.35. The highest BCUT2D eigenvalue weighted by Crippen LogP contribution is 2.60. The highest BCUT2D eigenvalue weighted by Gasteiger charge is 2.51. The van der Waals surface area contributed by atoms with Gasteiger partial charge in [-0.15, -0.1) is 0 Å². The molecule has 0 spiro atoms. The highest BCUT2D eigenvalue weighted by atomic mass is 32.2. The van der Waals surface area contributed by atoms with E-state index in [4.69, 9.17) is 0 Å². The van der Waals surface area contributed by atoms with Crippen LogP contribution < -0.4 is 9.62 Å². The van der Waals surface area contributed by atoms with E-state index in [0.717, 1.165) is 33.9 Å². The van der Waals surface area contributed by atoms with Crippen LogP contribution in [0.5, 0.6) is 0 Å². The molecule has 0 aromatic heterocycles. The average molecular weight is 674 g/mol. The first-order chi connectivity index (χ1) is 22.9. The molecule has 0 aliphatic heterocycles. The molecule has 3 aromatic rings. The van der Waals surface area contributed by atoms with Gasteiger partial charge < -0.3 is 10.2 Å². The Morgan fingerprint density at radius 2 is 1.46 bits per heavy atom. The number of anilines is 1. The number of halogens is 1. The van der Waals surface area contributed by atoms with E-state index in [1.807, 2.05) is 56.3 Å². The predicted molar refractivity (Wildman–Crippen MR) is 187 cm³/mol. The van der Waals surface area contributed by atoms with E-state index < -0.39 is 34.3 Å². The molecule has 7 nitrogen and oxygen atoms in total. The van der Waals surface area contributed by atoms with E-state index in [1.165, 1.54) is 61.1 Å². The standard InChI is InChI=1S/C39H48FN3O4S/c1-4-27(2)41-38(45)36(21-28-8-6-5-7-9-28)42(25-29-10-14-34(40)15-11-29)37(44)26-43(48(3,46)47)35-16-12-33(13-17-35)39-22-30-18-31(23-39)20-32(19-30)24-39/h5-17,27,30-32,36H,4,18-26H2,1-3H3,(H,41,45). The van der Waals surface area contributed by atoms with Crippen molar-refractivity contribution in [3.63, 3.8) is 0 Å². The third-order valence-corrected chi connectivity index (χ3v) is 12.2. The Balaban J connectivity index is 1.30. The molecule has 2 atom stereocenters. The monoisotopic (exact) mass is 673 g/mol. The van der Waals surface area contributed by atoms with Gasteiger partial charge >= 0.3 is 0 Å². The molecule has 2 amide bonds. The number of hydrogen-bond donors (Lipinski definition) is 1. The van der Waals surface area contributed by atoms with Gasteiger partial charge in [-0.1, -0.05) is 61.5 Å². The van der Waals surface area contributed by atoms with Crippen molar-refractivity contribution in [3.05, 3.63) is 101 Å². The lowest BCUT2D eigenvalue weighted by Gasteiger charge is -2.57. The van der Waals surface area contributed by atoms with E-state index in [9.17, 15) is 22.4 Å². The Morgan fingerprint density at radius 1 is 0.875 bits per heavy atom. The highest BCUT2D eigenvalue weighted by molar-refractivity contribution is 7.92. The molecule has 256 valence electrons. The number of sulfonamides is 1. The van der Waals surface area contributed by atoms with Gasteiger partial charge in [0.1, 0.15) is 18.4 Å². The Hall–Kier alpha value is -3.72. The first kappa shape index (κ1) is 34.2. The summed E-state index contributed by atoms with van der Waals surface area (Å²) in [6, 6.07) is 22.0. The van der Waals surface area contributed by atoms with Crippen molar-refractivity contribution in [3.8, 4) is 0 Å². The van der Waals surface area contributed by atoms with Gasteiger partial charge in [0, 0.05) is 19.0 Å². The molecular formula is C39H48FN3O4S. The fraction of sp³-hybridized carbons (Fsp3) is 0.487. The van der Waals surface area contributed by atoms with Crippen LogP contribution in [0.15, 0.2) is 78.9 Å². The lowest BCUT2D eigenvalue weighted by Crippen LogP contribution is -2.54. The van der Waals surface area contributed by atoms with Crippen molar-refractivity contribution in [1.82, 2.24) is 10.2 Å². The second kappa shape index (κ2) is 14.0. The lowest BCUT2D eigenvalue weighted by atomic mass is 9.48. The van der Waals surface area contributed by atoms with E-state index >= 15 is 0 Å². The number of nitrogens with zero attached hydrogens (tertiary/aromatic N) is 2. The molecule has 4 aliphatic rings. The fourth-order valence-electron chi connectivity index (χ4n) is 8.84. The predicted octanol–water partition coefficient (Wildman–Crippen LogP) is 6.61. The zero-order valence-corrected chi connectivity index (χ0v) is 29.1. The molecule has 4 saturated carbocycles. The van der Waals surface area contributed by atoms with E-state index in [1.54, 1.807) is 12.1 Å². The van der Waals surface area contributed by atoms with Crippen LogP contribution in [0.25, 0.3) is 0 Å². The Morgan fingerprint density at radius 3 is 2.00 bits per heavy atom. The maximum atomic E-state index is 14.4. The minimum Gasteiger partial charge on any atom is -0.352 e. The van der Waals surface area contributed by atoms with Crippen LogP contribution in [0.1, 0.15) is 75.5 Å². The summed E-state index contributed by atoms with van der Waals surface area (Å²) in [4.78, 5) is 29.7. The number of benzene rings is 3. The van der Waals surface area contributed by atoms with Crippen molar-refractivity contribution >= 4 is 27.5 Å². The van der Waals surface area contributed by atoms with Gasteiger partial charge in [0.15, 0.2) is 0 Å². The number of amides is 2. The van der Waals surface area contributed by atoms with Crippen molar-refractivity contribution < 1.29 is 22.4 Å². The van der Waals surface area contributed by atoms with Crippen LogP contribution in [0.3, 0.4) is 0 Å². The smallest absolute Gasteiger partial charge is 0.244 e. The van der Waals surface area contributed by atoms with Gasteiger partial charge in [0.2, 0.25) is 21.8 Å². The van der Waals surface area contributed by atoms with Crippen LogP contribution in [0.4, 0.5) is 10.1 Å². The Labute approximate surface area is 285 Å². The van der Waals surface area contributed by atoms with Gasteiger partial charge in [-0.3, -0.25) is 13.9 Å². The average Bonchev–Trinajstić information content (AvgIpc) is 3.05. The summed E-state index contributed by atoms with van der Waals surface area (Å²) in [5, 5.41) is 3.03. The topological polar surface area (TPSA) is 86.8 Å². The SMILES string of the molecule is CCC(C)NC(=O)C(Cc1ccccc1)N(Cc1ccc(F)cc1)C(=O)CN(c1ccc(C23CC4CC(CC(C4)C2)C3)cc1)S(C)(=O)=O. The molecule has 0 radical (unpaired) electrons. The number of carbonyl (C=O) groups excluding carboxylic acids is 2. The van der Waals surface area contributed by atoms with Crippen molar-refractivity contribution in [2.24, 2.45) is 17.8 Å². The first-order valence-electron chi connectivity index (χ1n) is 17.4. The van der Waals surface area contributed by atoms with Gasteiger partial charge in [-0.05, 0) is 116 Å². The summed E-state index contributed by atoms with van der Waals surface area (Å²) in [5.74, 6) is 1.11. The van der Waals surface area contributed by atoms with Crippen LogP contribution in [0, 0.1) is 23.6 Å². The molecule has 2 unspecified atom stereocenters. The number of rotatable bonds is 13. The first-order valence-corrected chi connectivity index (χ1v) is 19.2. The van der Waals surface area contributed by atoms with Gasteiger partial charge in [0.05, 0.1) is 11.9 Å². The number of hydrogen-bond acceptors (Lipinski definition) is 4. The lowest BCUT2D eigenvalue weighted by molar-refractivity contribution is -0.140. The minimum atomic E-state index is -3.87. The summed E-state index contributed by atoms with van der Waals surface area (Å²) >= 11 is 0. The maximum Gasteiger partial charge on any atom is 0.244 e. The summed E-state index contributed by atoms with van der Waals surface area (Å²) in [6.45, 7) is 3.41. The maximum absolute atomic E-state index is 14.4. The zero-order chi connectivity index (χ0) is 34.1. The summed E-state index contributed by atoms with van der Waals surface area (Å²) in [7, 11) is -3.87. The van der Waals surface area contributed by atoms with Gasteiger partial charge in [0.25, 0.3) is 0 Å². The molecule has 48 heavy (non-hydrogen) atoms. The fourth-order valence-corrected chi connectivity index (χ4v) is 9.69. The molecule has 3 aromatic carbocycles. The summed E-state index contributed by atoms with van der Waals surface area (Å²) < 4.78 is 41.6. The van der Waals surface area contributed by atoms with E-state index in [0.29, 0.717) is 17.7 Å². The van der Waals surface area contributed by atoms with Crippen molar-refractivity contribution in [1.29, 1.82) is 0 Å². The van der Waals surface area contributed by atoms with E-state index in [2.05, 4.69) is 17.4 Å². The molecule has 4 fully saturated rings. The van der Waals surface area contributed by atoms with E-state index in [-0.39, 0.29) is 30.3 Å². The third-order valence-electron chi connectivity index (χ3n) is 11.0. The second-order valence-electron chi connectivity index (χ2n) is 14.7. The summed E-state index contributed by atoms with van der Waals surface area (Å²) in [6.07, 6.45) is 9.68. The van der Waals surface area contributed by atoms with Crippen molar-refractivity contribution in [2.75, 3.05) is 17.1 Å². The van der Waals surface area contributed by atoms with Crippen LogP contribution in [0.2, 0.25) is 0 Å². The quantitative estimate of drug-likeness (QED) is 0.221. The molecule has 1 N–H and O–H groups in total. The molecular weight excluding hydrogens is 626 g/mol. The Kier molecular flexibility index (Phi) is 9.98. The molecule has 0 saturated heterocycles. The molecule has 4 aliphatic carbocycles. The minimum absolute atomic E-state index is 0.00704. The second-order valence-corrected chi connectivity index (χ2v) is 16.6. The van der Waals surface area contributed by atoms with Crippen molar-refractivity contribution in [2.45, 2.75) is 89.3 Å². The zero-order valence-electron chi connectivity index (χ0n) is 28.3. The Bertz CT molecular complexity index is 1660. The largest absolute Gasteiger partial charge is 0.352 e. The van der Waals surface area contributed by atoms with Gasteiger partial charge in [-0.25, -0.2) is 12.8 Å². The molecule has 0 heterocycles. The third kappa shape index (κ3) is 7.61. The molecule has 4 bridgehead atoms. The van der Waals surface area contributed by atoms with Crippen LogP contribution >= 0.6 is 0 Å². The normalized spacial score (nSPS) is 24.1. The van der Waals surface area contributed by atoms with Crippen LogP contribution in [-0.2, 0) is 38.0 Å². The number of carbonyl (C=O) groups is 2. The molecule has 7 rings (SSSR count). The number of nitrogens with one attached hydrogen (secondary N) is 1. The van der Waals surface area contributed by atoms with Crippen LogP contribution in [-0.4, -0.2) is 50.0 Å². The van der Waals surface area contributed by atoms with Gasteiger partial charge in [-0.2, -0.15) is 0 Å².